The topological polar surface area (TPSA) is 74.7 Å². The highest BCUT2D eigenvalue weighted by Gasteiger charge is 2.29. The van der Waals surface area contributed by atoms with Crippen molar-refractivity contribution in [3.63, 3.8) is 0 Å². The summed E-state index contributed by atoms with van der Waals surface area (Å²) in [6.07, 6.45) is 0. The number of aromatic amines is 1. The molecule has 5 nitrogen and oxygen atoms in total. The molecule has 1 aliphatic heterocycles. The molecular weight excluding hydrogens is 280 g/mol. The first kappa shape index (κ1) is 12.6. The zero-order valence-electron chi connectivity index (χ0n) is 11.8. The zero-order chi connectivity index (χ0) is 15.3. The highest BCUT2D eigenvalue weighted by Crippen LogP contribution is 2.36. The molecule has 0 saturated carbocycles. The molecule has 0 atom stereocenters. The van der Waals surface area contributed by atoms with E-state index >= 15 is 0 Å². The van der Waals surface area contributed by atoms with E-state index in [-0.39, 0.29) is 17.4 Å². The number of aromatic nitrogens is 1. The molecule has 0 radical (unpaired) electrons. The number of aromatic hydroxyl groups is 1. The number of aliphatic imine (C=N–C) groups is 1. The number of Topliss-reactive ketones (excluding diaryl/α,β-unsaturated/α-hetero) is 1. The number of para-hydroxylation sites is 1. The third-order valence-electron chi connectivity index (χ3n) is 3.82. The van der Waals surface area contributed by atoms with Crippen molar-refractivity contribution in [2.45, 2.75) is 0 Å². The molecule has 5 heteroatoms. The van der Waals surface area contributed by atoms with Crippen LogP contribution in [0.2, 0.25) is 0 Å². The Labute approximate surface area is 125 Å². The van der Waals surface area contributed by atoms with Crippen LogP contribution in [0.3, 0.4) is 0 Å². The van der Waals surface area contributed by atoms with Crippen molar-refractivity contribution in [1.29, 1.82) is 0 Å². The Bertz CT molecular complexity index is 954. The van der Waals surface area contributed by atoms with Gasteiger partial charge in [0.15, 0.2) is 5.88 Å². The molecule has 1 aliphatic rings. The number of fused-ring (bicyclic) bond motifs is 2. The highest BCUT2D eigenvalue weighted by atomic mass is 16.5. The third kappa shape index (κ3) is 1.65. The van der Waals surface area contributed by atoms with Crippen molar-refractivity contribution in [3.8, 4) is 11.6 Å². The fourth-order valence-corrected chi connectivity index (χ4v) is 2.75. The molecule has 2 N–H and O–H groups in total. The number of nitrogens with one attached hydrogen (secondary N) is 1. The molecular formula is C17H12N2O3. The van der Waals surface area contributed by atoms with Gasteiger partial charge in [0.05, 0.1) is 18.4 Å². The maximum Gasteiger partial charge on any atom is 0.214 e. The van der Waals surface area contributed by atoms with E-state index in [9.17, 15) is 9.90 Å². The molecule has 0 unspecified atom stereocenters. The predicted octanol–water partition coefficient (Wildman–Crippen LogP) is 3.20. The number of benzene rings is 2. The second-order valence-electron chi connectivity index (χ2n) is 5.07. The van der Waals surface area contributed by atoms with Gasteiger partial charge in [-0.15, -0.1) is 0 Å². The maximum atomic E-state index is 12.6. The van der Waals surface area contributed by atoms with Crippen LogP contribution in [0.15, 0.2) is 47.5 Å². The second-order valence-corrected chi connectivity index (χ2v) is 5.07. The lowest BCUT2D eigenvalue weighted by atomic mass is 10.0. The molecule has 0 saturated heterocycles. The molecule has 0 aliphatic carbocycles. The van der Waals surface area contributed by atoms with Gasteiger partial charge in [0, 0.05) is 16.5 Å². The Balaban J connectivity index is 1.96. The lowest BCUT2D eigenvalue weighted by molar-refractivity contribution is 0.107. The monoisotopic (exact) mass is 292 g/mol. The van der Waals surface area contributed by atoms with Crippen molar-refractivity contribution in [2.24, 2.45) is 4.99 Å². The van der Waals surface area contributed by atoms with Crippen molar-refractivity contribution in [1.82, 2.24) is 4.98 Å². The predicted molar refractivity (Wildman–Crippen MR) is 83.5 cm³/mol. The number of carbonyl (C=O) groups is 1. The van der Waals surface area contributed by atoms with Crippen LogP contribution in [0.1, 0.15) is 15.9 Å². The minimum Gasteiger partial charge on any atom is -0.497 e. The number of ketones is 1. The number of ether oxygens (including phenoxy) is 1. The van der Waals surface area contributed by atoms with Crippen molar-refractivity contribution >= 4 is 28.1 Å². The van der Waals surface area contributed by atoms with Gasteiger partial charge in [-0.3, -0.25) is 4.79 Å². The van der Waals surface area contributed by atoms with Crippen LogP contribution in [-0.2, 0) is 0 Å². The number of hydrogen-bond acceptors (Lipinski definition) is 4. The molecule has 2 aromatic carbocycles. The summed E-state index contributed by atoms with van der Waals surface area (Å²) < 4.78 is 5.22. The number of H-pyrrole nitrogens is 1. The molecule has 0 fully saturated rings. The van der Waals surface area contributed by atoms with Crippen LogP contribution in [0.25, 0.3) is 10.9 Å². The first-order chi connectivity index (χ1) is 10.7. The van der Waals surface area contributed by atoms with E-state index in [1.807, 2.05) is 6.07 Å². The Morgan fingerprint density at radius 2 is 2.00 bits per heavy atom. The highest BCUT2D eigenvalue weighted by molar-refractivity contribution is 6.56. The minimum absolute atomic E-state index is 0.0665. The number of carbonyl (C=O) groups excluding carboxylic acids is 1. The summed E-state index contributed by atoms with van der Waals surface area (Å²) in [4.78, 5) is 19.8. The largest absolute Gasteiger partial charge is 0.497 e. The molecule has 1 aromatic heterocycles. The number of methoxy groups -OCH3 is 1. The van der Waals surface area contributed by atoms with Gasteiger partial charge in [-0.05, 0) is 30.3 Å². The second kappa shape index (κ2) is 4.46. The fourth-order valence-electron chi connectivity index (χ4n) is 2.75. The van der Waals surface area contributed by atoms with Crippen molar-refractivity contribution in [2.75, 3.05) is 7.11 Å². The van der Waals surface area contributed by atoms with Crippen LogP contribution < -0.4 is 4.74 Å². The molecule has 0 amide bonds. The summed E-state index contributed by atoms with van der Waals surface area (Å²) in [7, 11) is 1.57. The van der Waals surface area contributed by atoms with Crippen LogP contribution in [0, 0.1) is 0 Å². The van der Waals surface area contributed by atoms with Crippen LogP contribution in [-0.4, -0.2) is 28.7 Å². The van der Waals surface area contributed by atoms with Gasteiger partial charge in [-0.25, -0.2) is 4.99 Å². The Hall–Kier alpha value is -3.08. The van der Waals surface area contributed by atoms with Gasteiger partial charge in [-0.1, -0.05) is 12.1 Å². The fraction of sp³-hybridized carbons (Fsp3) is 0.0588. The first-order valence-electron chi connectivity index (χ1n) is 6.80. The normalized spacial score (nSPS) is 13.3. The summed E-state index contributed by atoms with van der Waals surface area (Å²) in [6.45, 7) is 0. The lowest BCUT2D eigenvalue weighted by Gasteiger charge is -2.01. The molecule has 0 spiro atoms. The van der Waals surface area contributed by atoms with Crippen molar-refractivity contribution in [3.05, 3.63) is 53.6 Å². The average molecular weight is 292 g/mol. The van der Waals surface area contributed by atoms with Gasteiger partial charge in [0.2, 0.25) is 5.78 Å². The first-order valence-corrected chi connectivity index (χ1v) is 6.80. The standard InChI is InChI=1S/C17H12N2O3/c1-22-9-6-7-13-11(8-9)14(17(21)19-13)15-16(20)10-4-2-3-5-12(10)18-15/h2-8,19,21H,1H3. The third-order valence-corrected chi connectivity index (χ3v) is 3.82. The molecule has 4 rings (SSSR count). The average Bonchev–Trinajstić information content (AvgIpc) is 3.03. The van der Waals surface area contributed by atoms with E-state index in [4.69, 9.17) is 4.74 Å². The van der Waals surface area contributed by atoms with E-state index < -0.39 is 0 Å². The van der Waals surface area contributed by atoms with E-state index in [1.54, 1.807) is 43.5 Å². The molecule has 0 bridgehead atoms. The lowest BCUT2D eigenvalue weighted by Crippen LogP contribution is -2.10. The van der Waals surface area contributed by atoms with E-state index in [1.165, 1.54) is 0 Å². The van der Waals surface area contributed by atoms with E-state index in [0.29, 0.717) is 28.0 Å². The Morgan fingerprint density at radius 3 is 2.77 bits per heavy atom. The van der Waals surface area contributed by atoms with Gasteiger partial charge < -0.3 is 14.8 Å². The van der Waals surface area contributed by atoms with Crippen LogP contribution in [0.5, 0.6) is 11.6 Å². The van der Waals surface area contributed by atoms with Gasteiger partial charge in [0.1, 0.15) is 11.5 Å². The molecule has 2 heterocycles. The molecule has 3 aromatic rings. The number of nitrogens with zero attached hydrogens (tertiary/aromatic N) is 1. The summed E-state index contributed by atoms with van der Waals surface area (Å²) in [5.74, 6) is 0.397. The van der Waals surface area contributed by atoms with Crippen LogP contribution >= 0.6 is 0 Å². The maximum absolute atomic E-state index is 12.6. The van der Waals surface area contributed by atoms with E-state index in [0.717, 1.165) is 5.52 Å². The van der Waals surface area contributed by atoms with E-state index in [2.05, 4.69) is 9.98 Å². The smallest absolute Gasteiger partial charge is 0.214 e. The Kier molecular flexibility index (Phi) is 2.56. The quantitative estimate of drug-likeness (QED) is 0.761. The number of rotatable bonds is 2. The molecule has 108 valence electrons. The molecule has 22 heavy (non-hydrogen) atoms. The number of hydrogen-bond donors (Lipinski definition) is 2. The van der Waals surface area contributed by atoms with Gasteiger partial charge >= 0.3 is 0 Å². The summed E-state index contributed by atoms with van der Waals surface area (Å²) >= 11 is 0. The van der Waals surface area contributed by atoms with Crippen LogP contribution in [0.4, 0.5) is 5.69 Å². The van der Waals surface area contributed by atoms with Gasteiger partial charge in [0.25, 0.3) is 0 Å². The van der Waals surface area contributed by atoms with Gasteiger partial charge in [-0.2, -0.15) is 0 Å². The summed E-state index contributed by atoms with van der Waals surface area (Å²) in [5, 5.41) is 10.9. The summed E-state index contributed by atoms with van der Waals surface area (Å²) in [6, 6.07) is 12.5. The SMILES string of the molecule is COc1ccc2[nH]c(O)c(C3=Nc4ccccc4C3=O)c2c1. The summed E-state index contributed by atoms with van der Waals surface area (Å²) in [5.41, 5.74) is 2.56. The minimum atomic E-state index is -0.186. The zero-order valence-corrected chi connectivity index (χ0v) is 11.8. The van der Waals surface area contributed by atoms with Crippen molar-refractivity contribution < 1.29 is 14.6 Å². The Morgan fingerprint density at radius 1 is 1.18 bits per heavy atom.